The summed E-state index contributed by atoms with van der Waals surface area (Å²) in [6.07, 6.45) is 3.70. The molecule has 0 bridgehead atoms. The molecule has 1 aromatic carbocycles. The number of aromatic nitrogens is 2. The van der Waals surface area contributed by atoms with Crippen LogP contribution in [0.4, 0.5) is 0 Å². The zero-order valence-electron chi connectivity index (χ0n) is 14.4. The molecule has 1 saturated heterocycles. The molecule has 25 heavy (non-hydrogen) atoms. The molecule has 8 heteroatoms. The first-order valence-corrected chi connectivity index (χ1v) is 9.97. The molecule has 0 radical (unpaired) electrons. The fraction of sp³-hybridized carbons (Fsp3) is 0.471. The van der Waals surface area contributed by atoms with Gasteiger partial charge in [-0.15, -0.1) is 0 Å². The molecule has 0 spiro atoms. The molecule has 2 aromatic rings. The molecule has 2 heterocycles. The van der Waals surface area contributed by atoms with Crippen molar-refractivity contribution < 1.29 is 13.2 Å². The van der Waals surface area contributed by atoms with E-state index in [0.717, 1.165) is 26.2 Å². The zero-order chi connectivity index (χ0) is 17.7. The molecule has 7 nitrogen and oxygen atoms in total. The second-order valence-electron chi connectivity index (χ2n) is 5.89. The van der Waals surface area contributed by atoms with Gasteiger partial charge in [-0.05, 0) is 25.1 Å². The van der Waals surface area contributed by atoms with E-state index in [1.807, 2.05) is 23.9 Å². The lowest BCUT2D eigenvalue weighted by molar-refractivity contribution is 0.180. The van der Waals surface area contributed by atoms with Gasteiger partial charge in [0, 0.05) is 45.1 Å². The van der Waals surface area contributed by atoms with Crippen molar-refractivity contribution in [3.63, 3.8) is 0 Å². The summed E-state index contributed by atoms with van der Waals surface area (Å²) < 4.78 is 34.8. The van der Waals surface area contributed by atoms with Gasteiger partial charge in [0.05, 0.1) is 13.2 Å². The first-order valence-electron chi connectivity index (χ1n) is 8.53. The Balaban J connectivity index is 1.61. The Hall–Kier alpha value is -1.90. The number of hydrogen-bond donors (Lipinski definition) is 0. The third kappa shape index (κ3) is 4.20. The maximum atomic E-state index is 12.9. The van der Waals surface area contributed by atoms with Crippen molar-refractivity contribution in [3.05, 3.63) is 42.7 Å². The van der Waals surface area contributed by atoms with Gasteiger partial charge < -0.3 is 4.74 Å². The first kappa shape index (κ1) is 17.9. The molecule has 1 aliphatic rings. The van der Waals surface area contributed by atoms with Crippen LogP contribution in [-0.4, -0.2) is 66.7 Å². The number of ether oxygens (including phenoxy) is 1. The van der Waals surface area contributed by atoms with Crippen molar-refractivity contribution in [2.45, 2.75) is 18.4 Å². The lowest BCUT2D eigenvalue weighted by atomic mass is 10.3. The summed E-state index contributed by atoms with van der Waals surface area (Å²) in [7, 11) is -3.53. The number of hydrogen-bond acceptors (Lipinski definition) is 5. The topological polar surface area (TPSA) is 67.7 Å². The van der Waals surface area contributed by atoms with Crippen LogP contribution in [0.25, 0.3) is 0 Å². The maximum absolute atomic E-state index is 12.9. The van der Waals surface area contributed by atoms with E-state index in [-0.39, 0.29) is 4.90 Å². The van der Waals surface area contributed by atoms with Crippen LogP contribution in [0.3, 0.4) is 0 Å². The molecule has 0 atom stereocenters. The Kier molecular flexibility index (Phi) is 5.72. The van der Waals surface area contributed by atoms with E-state index in [1.54, 1.807) is 34.8 Å². The molecule has 3 rings (SSSR count). The number of sulfonamides is 1. The van der Waals surface area contributed by atoms with Gasteiger partial charge in [0.25, 0.3) is 0 Å². The van der Waals surface area contributed by atoms with Crippen molar-refractivity contribution >= 4 is 10.0 Å². The van der Waals surface area contributed by atoms with E-state index in [0.29, 0.717) is 25.4 Å². The Bertz CT molecular complexity index is 769. The van der Waals surface area contributed by atoms with Gasteiger partial charge in [-0.1, -0.05) is 12.1 Å². The summed E-state index contributed by atoms with van der Waals surface area (Å²) >= 11 is 0. The van der Waals surface area contributed by atoms with Gasteiger partial charge in [0.2, 0.25) is 10.0 Å². The van der Waals surface area contributed by atoms with Crippen molar-refractivity contribution in [1.82, 2.24) is 19.0 Å². The van der Waals surface area contributed by atoms with Crippen LogP contribution in [0, 0.1) is 0 Å². The van der Waals surface area contributed by atoms with E-state index in [4.69, 9.17) is 4.74 Å². The second-order valence-corrected chi connectivity index (χ2v) is 7.80. The molecule has 1 fully saturated rings. The Morgan fingerprint density at radius 3 is 2.52 bits per heavy atom. The normalized spacial score (nSPS) is 16.8. The maximum Gasteiger partial charge on any atom is 0.246 e. The van der Waals surface area contributed by atoms with Gasteiger partial charge in [-0.3, -0.25) is 9.58 Å². The van der Waals surface area contributed by atoms with Crippen LogP contribution in [0.5, 0.6) is 5.75 Å². The van der Waals surface area contributed by atoms with Crippen LogP contribution in [0.1, 0.15) is 6.92 Å². The molecule has 0 aliphatic carbocycles. The highest BCUT2D eigenvalue weighted by Crippen LogP contribution is 2.27. The summed E-state index contributed by atoms with van der Waals surface area (Å²) in [6.45, 7) is 6.38. The van der Waals surface area contributed by atoms with E-state index in [9.17, 15) is 8.42 Å². The molecule has 136 valence electrons. The van der Waals surface area contributed by atoms with Gasteiger partial charge >= 0.3 is 0 Å². The van der Waals surface area contributed by atoms with E-state index in [2.05, 4.69) is 10.00 Å². The molecule has 1 aromatic heterocycles. The van der Waals surface area contributed by atoms with Gasteiger partial charge in [-0.2, -0.15) is 9.40 Å². The highest BCUT2D eigenvalue weighted by atomic mass is 32.2. The number of para-hydroxylation sites is 1. The largest absolute Gasteiger partial charge is 0.492 e. The second kappa shape index (κ2) is 7.99. The Morgan fingerprint density at radius 1 is 1.08 bits per heavy atom. The number of nitrogens with zero attached hydrogens (tertiary/aromatic N) is 4. The summed E-state index contributed by atoms with van der Waals surface area (Å²) in [4.78, 5) is 2.52. The lowest BCUT2D eigenvalue weighted by Gasteiger charge is -2.34. The third-order valence-electron chi connectivity index (χ3n) is 4.30. The molecule has 1 aliphatic heterocycles. The summed E-state index contributed by atoms with van der Waals surface area (Å²) in [5, 5.41) is 4.19. The predicted octanol–water partition coefficient (Wildman–Crippen LogP) is 1.29. The van der Waals surface area contributed by atoms with E-state index >= 15 is 0 Å². The summed E-state index contributed by atoms with van der Waals surface area (Å²) in [5.74, 6) is 0.422. The minimum absolute atomic E-state index is 0.252. The fourth-order valence-corrected chi connectivity index (χ4v) is 4.50. The molecule has 0 amide bonds. The van der Waals surface area contributed by atoms with E-state index in [1.165, 1.54) is 0 Å². The van der Waals surface area contributed by atoms with Crippen LogP contribution in [0.2, 0.25) is 0 Å². The zero-order valence-corrected chi connectivity index (χ0v) is 15.2. The fourth-order valence-electron chi connectivity index (χ4n) is 2.95. The molecular formula is C17H24N4O3S. The minimum atomic E-state index is -3.53. The Morgan fingerprint density at radius 2 is 1.84 bits per heavy atom. The third-order valence-corrected chi connectivity index (χ3v) is 6.24. The number of rotatable bonds is 7. The average molecular weight is 364 g/mol. The SMILES string of the molecule is CCOc1ccccc1S(=O)(=O)N1CCN(CCn2cccn2)CC1. The van der Waals surface area contributed by atoms with Crippen molar-refractivity contribution in [2.75, 3.05) is 39.3 Å². The van der Waals surface area contributed by atoms with Crippen molar-refractivity contribution in [1.29, 1.82) is 0 Å². The van der Waals surface area contributed by atoms with Crippen LogP contribution in [-0.2, 0) is 16.6 Å². The highest BCUT2D eigenvalue weighted by molar-refractivity contribution is 7.89. The monoisotopic (exact) mass is 364 g/mol. The number of benzene rings is 1. The predicted molar refractivity (Wildman–Crippen MR) is 95.0 cm³/mol. The highest BCUT2D eigenvalue weighted by Gasteiger charge is 2.30. The smallest absolute Gasteiger partial charge is 0.246 e. The van der Waals surface area contributed by atoms with E-state index < -0.39 is 10.0 Å². The van der Waals surface area contributed by atoms with Crippen LogP contribution in [0.15, 0.2) is 47.6 Å². The van der Waals surface area contributed by atoms with Crippen LogP contribution < -0.4 is 4.74 Å². The molecular weight excluding hydrogens is 340 g/mol. The quantitative estimate of drug-likeness (QED) is 0.741. The van der Waals surface area contributed by atoms with Crippen molar-refractivity contribution in [2.24, 2.45) is 0 Å². The number of piperazine rings is 1. The van der Waals surface area contributed by atoms with Gasteiger partial charge in [-0.25, -0.2) is 8.42 Å². The van der Waals surface area contributed by atoms with Crippen LogP contribution >= 0.6 is 0 Å². The lowest BCUT2D eigenvalue weighted by Crippen LogP contribution is -2.49. The average Bonchev–Trinajstić information content (AvgIpc) is 3.14. The van der Waals surface area contributed by atoms with Gasteiger partial charge in [0.15, 0.2) is 0 Å². The molecule has 0 unspecified atom stereocenters. The summed E-state index contributed by atoms with van der Waals surface area (Å²) in [6, 6.07) is 8.74. The molecule has 0 saturated carbocycles. The Labute approximate surface area is 148 Å². The summed E-state index contributed by atoms with van der Waals surface area (Å²) in [5.41, 5.74) is 0. The first-order chi connectivity index (χ1) is 12.1. The molecule has 0 N–H and O–H groups in total. The minimum Gasteiger partial charge on any atom is -0.492 e. The van der Waals surface area contributed by atoms with Gasteiger partial charge in [0.1, 0.15) is 10.6 Å². The standard InChI is InChI=1S/C17H24N4O3S/c1-2-24-16-6-3-4-7-17(16)25(22,23)21-14-11-19(12-15-21)10-13-20-9-5-8-18-20/h3-9H,2,10-15H2,1H3. The van der Waals surface area contributed by atoms with Crippen molar-refractivity contribution in [3.8, 4) is 5.75 Å².